The van der Waals surface area contributed by atoms with E-state index in [2.05, 4.69) is 62.9 Å². The zero-order chi connectivity index (χ0) is 22.0. The van der Waals surface area contributed by atoms with E-state index < -0.39 is 0 Å². The number of carbonyl (C=O) groups is 1. The van der Waals surface area contributed by atoms with Crippen molar-refractivity contribution in [3.63, 3.8) is 0 Å². The number of rotatable bonds is 7. The van der Waals surface area contributed by atoms with Gasteiger partial charge in [0.2, 0.25) is 11.0 Å². The van der Waals surface area contributed by atoms with Crippen LogP contribution in [0.1, 0.15) is 36.4 Å². The summed E-state index contributed by atoms with van der Waals surface area (Å²) >= 11 is 4.50. The number of aryl methyl sites for hydroxylation is 3. The Balaban J connectivity index is 1.64. The van der Waals surface area contributed by atoms with Gasteiger partial charge >= 0.3 is 0 Å². The van der Waals surface area contributed by atoms with Gasteiger partial charge in [-0.2, -0.15) is 0 Å². The summed E-state index contributed by atoms with van der Waals surface area (Å²) in [5, 5.41) is 16.2. The van der Waals surface area contributed by atoms with Crippen LogP contribution in [-0.2, 0) is 11.2 Å². The molecular formula is C22H23N5OS3. The lowest BCUT2D eigenvalue weighted by atomic mass is 10.0. The molecule has 0 fully saturated rings. The molecule has 3 aromatic heterocycles. The topological polar surface area (TPSA) is 80.7 Å². The van der Waals surface area contributed by atoms with E-state index in [-0.39, 0.29) is 11.2 Å². The Morgan fingerprint density at radius 1 is 1.16 bits per heavy atom. The number of thioether (sulfide) groups is 1. The van der Waals surface area contributed by atoms with Crippen LogP contribution < -0.4 is 5.32 Å². The molecule has 1 amide bonds. The number of thiophene rings is 1. The number of fused-ring (bicyclic) bond motifs is 1. The average molecular weight is 470 g/mol. The predicted octanol–water partition coefficient (Wildman–Crippen LogP) is 5.90. The first kappa shape index (κ1) is 21.9. The van der Waals surface area contributed by atoms with Crippen molar-refractivity contribution in [2.24, 2.45) is 0 Å². The zero-order valence-corrected chi connectivity index (χ0v) is 20.2. The summed E-state index contributed by atoms with van der Waals surface area (Å²) in [7, 11) is 0. The lowest BCUT2D eigenvalue weighted by molar-refractivity contribution is -0.115. The van der Waals surface area contributed by atoms with Gasteiger partial charge in [0.25, 0.3) is 0 Å². The Morgan fingerprint density at radius 2 is 2.00 bits per heavy atom. The van der Waals surface area contributed by atoms with Gasteiger partial charge in [0.15, 0.2) is 0 Å². The van der Waals surface area contributed by atoms with Crippen molar-refractivity contribution < 1.29 is 4.79 Å². The number of anilines is 1. The monoisotopic (exact) mass is 469 g/mol. The normalized spacial score (nSPS) is 12.3. The molecule has 0 aliphatic rings. The van der Waals surface area contributed by atoms with E-state index in [9.17, 15) is 4.79 Å². The molecule has 0 saturated heterocycles. The lowest BCUT2D eigenvalue weighted by Gasteiger charge is -2.14. The molecule has 1 atom stereocenters. The van der Waals surface area contributed by atoms with Gasteiger partial charge in [-0.05, 0) is 43.4 Å². The summed E-state index contributed by atoms with van der Waals surface area (Å²) < 4.78 is 0. The molecule has 0 spiro atoms. The Kier molecular flexibility index (Phi) is 6.64. The summed E-state index contributed by atoms with van der Waals surface area (Å²) in [6.45, 7) is 8.26. The van der Waals surface area contributed by atoms with E-state index in [0.717, 1.165) is 37.8 Å². The van der Waals surface area contributed by atoms with Crippen LogP contribution in [0.3, 0.4) is 0 Å². The summed E-state index contributed by atoms with van der Waals surface area (Å²) in [4.78, 5) is 22.9. The van der Waals surface area contributed by atoms with Crippen molar-refractivity contribution in [1.82, 2.24) is 20.2 Å². The minimum absolute atomic E-state index is 0.0824. The van der Waals surface area contributed by atoms with Crippen LogP contribution in [0.5, 0.6) is 0 Å². The smallest absolute Gasteiger partial charge is 0.239 e. The summed E-state index contributed by atoms with van der Waals surface area (Å²) in [5.41, 5.74) is 4.76. The van der Waals surface area contributed by atoms with E-state index in [1.165, 1.54) is 34.2 Å². The predicted molar refractivity (Wildman–Crippen MR) is 130 cm³/mol. The molecule has 1 N–H and O–H groups in total. The molecule has 9 heteroatoms. The van der Waals surface area contributed by atoms with Gasteiger partial charge < -0.3 is 0 Å². The van der Waals surface area contributed by atoms with Crippen molar-refractivity contribution in [2.45, 2.75) is 50.8 Å². The Morgan fingerprint density at radius 3 is 2.71 bits per heavy atom. The fourth-order valence-electron chi connectivity index (χ4n) is 3.15. The zero-order valence-electron chi connectivity index (χ0n) is 17.8. The van der Waals surface area contributed by atoms with Gasteiger partial charge in [0, 0.05) is 10.9 Å². The van der Waals surface area contributed by atoms with Gasteiger partial charge in [-0.1, -0.05) is 55.1 Å². The second kappa shape index (κ2) is 9.42. The maximum atomic E-state index is 12.9. The van der Waals surface area contributed by atoms with Crippen molar-refractivity contribution in [2.75, 3.05) is 5.32 Å². The van der Waals surface area contributed by atoms with Crippen LogP contribution in [0.25, 0.3) is 21.3 Å². The first-order valence-electron chi connectivity index (χ1n) is 10.1. The maximum Gasteiger partial charge on any atom is 0.239 e. The molecular weight excluding hydrogens is 446 g/mol. The lowest BCUT2D eigenvalue weighted by Crippen LogP contribution is -2.24. The van der Waals surface area contributed by atoms with Gasteiger partial charge in [0.05, 0.1) is 10.6 Å². The highest BCUT2D eigenvalue weighted by Gasteiger charge is 2.23. The second-order valence-electron chi connectivity index (χ2n) is 7.17. The van der Waals surface area contributed by atoms with Gasteiger partial charge in [-0.25, -0.2) is 9.97 Å². The van der Waals surface area contributed by atoms with Gasteiger partial charge in [-0.3, -0.25) is 10.1 Å². The number of hydrogen-bond donors (Lipinski definition) is 1. The second-order valence-corrected chi connectivity index (χ2v) is 10.3. The molecule has 4 rings (SSSR count). The number of nitrogens with one attached hydrogen (secondary N) is 1. The number of nitrogens with zero attached hydrogens (tertiary/aromatic N) is 4. The van der Waals surface area contributed by atoms with Crippen LogP contribution in [-0.4, -0.2) is 31.3 Å². The number of amides is 1. The molecule has 0 radical (unpaired) electrons. The maximum absolute atomic E-state index is 12.9. The molecule has 6 nitrogen and oxygen atoms in total. The van der Waals surface area contributed by atoms with Crippen molar-refractivity contribution in [3.8, 4) is 11.1 Å². The molecule has 0 bridgehead atoms. The Bertz CT molecular complexity index is 1230. The van der Waals surface area contributed by atoms with Crippen LogP contribution in [0.4, 0.5) is 5.13 Å². The SMILES string of the molecule is CCc1nnc(NC(=O)C(CC)Sc2ncnc3scc(-c4ccc(C)c(C)c4)c23)s1. The van der Waals surface area contributed by atoms with Crippen LogP contribution in [0.15, 0.2) is 34.9 Å². The van der Waals surface area contributed by atoms with Crippen LogP contribution >= 0.6 is 34.4 Å². The Labute approximate surface area is 193 Å². The van der Waals surface area contributed by atoms with Crippen LogP contribution in [0, 0.1) is 13.8 Å². The highest BCUT2D eigenvalue weighted by atomic mass is 32.2. The first-order valence-corrected chi connectivity index (χ1v) is 12.7. The van der Waals surface area contributed by atoms with Gasteiger partial charge in [0.1, 0.15) is 21.2 Å². The quantitative estimate of drug-likeness (QED) is 0.268. The van der Waals surface area contributed by atoms with Crippen molar-refractivity contribution in [3.05, 3.63) is 46.0 Å². The van der Waals surface area contributed by atoms with E-state index in [1.54, 1.807) is 17.7 Å². The number of carbonyl (C=O) groups excluding carboxylic acids is 1. The molecule has 0 aliphatic carbocycles. The summed E-state index contributed by atoms with van der Waals surface area (Å²) in [5.74, 6) is -0.0824. The summed E-state index contributed by atoms with van der Waals surface area (Å²) in [6, 6.07) is 6.47. The summed E-state index contributed by atoms with van der Waals surface area (Å²) in [6.07, 6.45) is 3.05. The fraction of sp³-hybridized carbons (Fsp3) is 0.318. The first-order chi connectivity index (χ1) is 15.0. The van der Waals surface area contributed by atoms with Crippen LogP contribution in [0.2, 0.25) is 0 Å². The number of aromatic nitrogens is 4. The van der Waals surface area contributed by atoms with E-state index >= 15 is 0 Å². The molecule has 160 valence electrons. The molecule has 0 aliphatic heterocycles. The van der Waals surface area contributed by atoms with E-state index in [4.69, 9.17) is 0 Å². The molecule has 1 aromatic carbocycles. The van der Waals surface area contributed by atoms with Crippen molar-refractivity contribution >= 4 is 55.7 Å². The van der Waals surface area contributed by atoms with E-state index in [0.29, 0.717) is 11.6 Å². The third-order valence-electron chi connectivity index (χ3n) is 5.07. The largest absolute Gasteiger partial charge is 0.300 e. The van der Waals surface area contributed by atoms with E-state index in [1.807, 2.05) is 13.8 Å². The molecule has 0 saturated carbocycles. The highest BCUT2D eigenvalue weighted by molar-refractivity contribution is 8.00. The average Bonchev–Trinajstić information content (AvgIpc) is 3.41. The van der Waals surface area contributed by atoms with Crippen molar-refractivity contribution in [1.29, 1.82) is 0 Å². The molecule has 3 heterocycles. The molecule has 1 unspecified atom stereocenters. The number of benzene rings is 1. The molecule has 4 aromatic rings. The third-order valence-corrected chi connectivity index (χ3v) is 8.30. The Hall–Kier alpha value is -2.36. The van der Waals surface area contributed by atoms with Gasteiger partial charge in [-0.15, -0.1) is 21.5 Å². The highest BCUT2D eigenvalue weighted by Crippen LogP contribution is 2.40. The minimum Gasteiger partial charge on any atom is -0.300 e. The molecule has 31 heavy (non-hydrogen) atoms. The fourth-order valence-corrected chi connectivity index (χ4v) is 5.85. The number of hydrogen-bond acceptors (Lipinski definition) is 8. The standard InChI is InChI=1S/C22H23N5OS3/c1-5-16(19(28)25-22-27-26-17(6-2)31-22)30-21-18-15(10-29-20(18)23-11-24-21)14-8-7-12(3)13(4)9-14/h7-11,16H,5-6H2,1-4H3,(H,25,27,28). The minimum atomic E-state index is -0.292. The third kappa shape index (κ3) is 4.63.